The van der Waals surface area contributed by atoms with Crippen molar-refractivity contribution in [2.75, 3.05) is 26.2 Å². The fourth-order valence-electron chi connectivity index (χ4n) is 3.42. The van der Waals surface area contributed by atoms with Gasteiger partial charge in [-0.1, -0.05) is 24.3 Å². The Kier molecular flexibility index (Phi) is 11.9. The zero-order valence-corrected chi connectivity index (χ0v) is 18.9. The van der Waals surface area contributed by atoms with E-state index in [1.165, 1.54) is 34.1 Å². The van der Waals surface area contributed by atoms with E-state index in [4.69, 9.17) is 0 Å². The van der Waals surface area contributed by atoms with Gasteiger partial charge in [-0.05, 0) is 23.8 Å². The summed E-state index contributed by atoms with van der Waals surface area (Å²) in [6.07, 6.45) is 0. The minimum absolute atomic E-state index is 0. The van der Waals surface area contributed by atoms with E-state index >= 15 is 0 Å². The first-order valence-corrected chi connectivity index (χ1v) is 9.92. The molecular weight excluding hydrogens is 476 g/mol. The standard InChI is InChI=1S/C22H28N2O8.Fe/c25-13-15-5-6-20(28)17(7-15)9-24(12-22(31)32)18(14-26)10-23(11-21(29)30)8-16-3-1-2-4-19(16)27;/h1-7,18,25-28H,8-14H2,(H,29,30)(H,31,32);/q;+2. The van der Waals surface area contributed by atoms with E-state index in [0.717, 1.165) is 0 Å². The Morgan fingerprint density at radius 2 is 1.48 bits per heavy atom. The second-order valence-corrected chi connectivity index (χ2v) is 7.45. The van der Waals surface area contributed by atoms with Gasteiger partial charge in [-0.25, -0.2) is 0 Å². The maximum Gasteiger partial charge on any atom is 2.00 e. The number of carboxylic acids is 2. The number of aliphatic hydroxyl groups is 2. The van der Waals surface area contributed by atoms with Gasteiger partial charge in [-0.15, -0.1) is 0 Å². The Bertz CT molecular complexity index is 927. The molecule has 180 valence electrons. The van der Waals surface area contributed by atoms with Crippen molar-refractivity contribution in [3.05, 3.63) is 59.2 Å². The van der Waals surface area contributed by atoms with E-state index < -0.39 is 37.7 Å². The van der Waals surface area contributed by atoms with Crippen LogP contribution in [0, 0.1) is 0 Å². The zero-order chi connectivity index (χ0) is 23.7. The molecule has 0 aliphatic carbocycles. The van der Waals surface area contributed by atoms with Crippen molar-refractivity contribution in [3.63, 3.8) is 0 Å². The first-order chi connectivity index (χ1) is 15.2. The summed E-state index contributed by atoms with van der Waals surface area (Å²) in [5.41, 5.74) is 1.38. The number of benzene rings is 2. The summed E-state index contributed by atoms with van der Waals surface area (Å²) in [6.45, 7) is -1.57. The van der Waals surface area contributed by atoms with E-state index in [9.17, 15) is 40.2 Å². The Morgan fingerprint density at radius 1 is 0.848 bits per heavy atom. The van der Waals surface area contributed by atoms with Gasteiger partial charge in [-0.3, -0.25) is 19.4 Å². The summed E-state index contributed by atoms with van der Waals surface area (Å²) < 4.78 is 0. The van der Waals surface area contributed by atoms with Gasteiger partial charge in [0.2, 0.25) is 0 Å². The Labute approximate surface area is 201 Å². The summed E-state index contributed by atoms with van der Waals surface area (Å²) in [5.74, 6) is -2.37. The summed E-state index contributed by atoms with van der Waals surface area (Å²) >= 11 is 0. The molecule has 2 rings (SSSR count). The number of para-hydroxylation sites is 1. The van der Waals surface area contributed by atoms with Crippen LogP contribution in [0.5, 0.6) is 11.5 Å². The van der Waals surface area contributed by atoms with Crippen molar-refractivity contribution in [1.29, 1.82) is 0 Å². The molecule has 6 N–H and O–H groups in total. The van der Waals surface area contributed by atoms with E-state index in [0.29, 0.717) is 16.7 Å². The smallest absolute Gasteiger partial charge is 0.508 e. The number of aliphatic hydroxyl groups excluding tert-OH is 2. The molecule has 0 bridgehead atoms. The zero-order valence-electron chi connectivity index (χ0n) is 17.8. The number of hydrogen-bond acceptors (Lipinski definition) is 8. The molecule has 0 saturated heterocycles. The van der Waals surface area contributed by atoms with Crippen LogP contribution in [-0.2, 0) is 46.4 Å². The molecule has 10 nitrogen and oxygen atoms in total. The van der Waals surface area contributed by atoms with Gasteiger partial charge in [0.05, 0.1) is 26.3 Å². The molecule has 0 aromatic heterocycles. The molecule has 11 heteroatoms. The van der Waals surface area contributed by atoms with Crippen molar-refractivity contribution in [3.8, 4) is 11.5 Å². The summed E-state index contributed by atoms with van der Waals surface area (Å²) in [4.78, 5) is 25.7. The molecular formula is C22H28FeN2O8+2. The van der Waals surface area contributed by atoms with E-state index in [1.54, 1.807) is 18.2 Å². The second-order valence-electron chi connectivity index (χ2n) is 7.45. The average Bonchev–Trinajstić information content (AvgIpc) is 2.73. The summed E-state index contributed by atoms with van der Waals surface area (Å²) in [5, 5.41) is 58.2. The average molecular weight is 504 g/mol. The molecule has 0 heterocycles. The van der Waals surface area contributed by atoms with Crippen LogP contribution in [0.25, 0.3) is 0 Å². The van der Waals surface area contributed by atoms with Gasteiger partial charge in [0, 0.05) is 36.8 Å². The van der Waals surface area contributed by atoms with Crippen LogP contribution in [-0.4, -0.2) is 84.7 Å². The van der Waals surface area contributed by atoms with Crippen molar-refractivity contribution >= 4 is 11.9 Å². The van der Waals surface area contributed by atoms with Gasteiger partial charge >= 0.3 is 29.0 Å². The molecule has 1 unspecified atom stereocenters. The van der Waals surface area contributed by atoms with Crippen LogP contribution >= 0.6 is 0 Å². The number of nitrogens with zero attached hydrogens (tertiary/aromatic N) is 2. The Hall–Kier alpha value is -2.66. The molecule has 33 heavy (non-hydrogen) atoms. The molecule has 0 fully saturated rings. The number of rotatable bonds is 13. The topological polar surface area (TPSA) is 162 Å². The van der Waals surface area contributed by atoms with Crippen LogP contribution in [0.3, 0.4) is 0 Å². The molecule has 2 aromatic carbocycles. The van der Waals surface area contributed by atoms with Crippen molar-refractivity contribution in [1.82, 2.24) is 9.80 Å². The molecule has 0 aliphatic rings. The van der Waals surface area contributed by atoms with Crippen molar-refractivity contribution < 1.29 is 57.3 Å². The normalized spacial score (nSPS) is 11.9. The van der Waals surface area contributed by atoms with E-state index in [1.807, 2.05) is 0 Å². The third kappa shape index (κ3) is 9.01. The fraction of sp³-hybridized carbons (Fsp3) is 0.364. The van der Waals surface area contributed by atoms with Crippen molar-refractivity contribution in [2.24, 2.45) is 0 Å². The SMILES string of the molecule is O=C(O)CN(Cc1ccccc1O)CC(CO)N(CC(=O)O)Cc1cc(CO)ccc1O.[Fe+2]. The number of carbonyl (C=O) groups is 2. The minimum Gasteiger partial charge on any atom is -0.508 e. The number of hydrogen-bond donors (Lipinski definition) is 6. The monoisotopic (exact) mass is 504 g/mol. The quantitative estimate of drug-likeness (QED) is 0.211. The molecule has 0 radical (unpaired) electrons. The first-order valence-electron chi connectivity index (χ1n) is 9.92. The molecule has 0 amide bonds. The Balaban J connectivity index is 0.00000544. The van der Waals surface area contributed by atoms with Crippen LogP contribution in [0.4, 0.5) is 0 Å². The number of carboxylic acid groups (broad SMARTS) is 2. The predicted molar refractivity (Wildman–Crippen MR) is 114 cm³/mol. The van der Waals surface area contributed by atoms with Crippen molar-refractivity contribution in [2.45, 2.75) is 25.7 Å². The third-order valence-corrected chi connectivity index (χ3v) is 4.98. The molecule has 0 aliphatic heterocycles. The van der Waals surface area contributed by atoms with E-state index in [2.05, 4.69) is 0 Å². The fourth-order valence-corrected chi connectivity index (χ4v) is 3.42. The molecule has 0 saturated carbocycles. The molecule has 1 atom stereocenters. The number of aromatic hydroxyl groups is 2. The number of aliphatic carboxylic acids is 2. The number of phenolic OH excluding ortho intramolecular Hbond substituents is 2. The molecule has 0 spiro atoms. The van der Waals surface area contributed by atoms with Crippen LogP contribution in [0.2, 0.25) is 0 Å². The largest absolute Gasteiger partial charge is 2.00 e. The van der Waals surface area contributed by atoms with Crippen LogP contribution in [0.15, 0.2) is 42.5 Å². The number of phenols is 2. The third-order valence-electron chi connectivity index (χ3n) is 4.98. The van der Waals surface area contributed by atoms with Gasteiger partial charge in [-0.2, -0.15) is 0 Å². The van der Waals surface area contributed by atoms with Gasteiger partial charge in [0.1, 0.15) is 11.5 Å². The summed E-state index contributed by atoms with van der Waals surface area (Å²) in [7, 11) is 0. The summed E-state index contributed by atoms with van der Waals surface area (Å²) in [6, 6.07) is 10.1. The van der Waals surface area contributed by atoms with Gasteiger partial charge in [0.25, 0.3) is 0 Å². The maximum absolute atomic E-state index is 11.5. The van der Waals surface area contributed by atoms with Gasteiger partial charge in [0.15, 0.2) is 0 Å². The molecule has 2 aromatic rings. The first kappa shape index (κ1) is 28.4. The maximum atomic E-state index is 11.5. The van der Waals surface area contributed by atoms with Gasteiger partial charge < -0.3 is 30.6 Å². The predicted octanol–water partition coefficient (Wildman–Crippen LogP) is 0.422. The van der Waals surface area contributed by atoms with E-state index in [-0.39, 0.29) is 54.8 Å². The van der Waals surface area contributed by atoms with Crippen LogP contribution in [0.1, 0.15) is 16.7 Å². The second kappa shape index (κ2) is 13.8. The Morgan fingerprint density at radius 3 is 2.06 bits per heavy atom. The minimum atomic E-state index is -1.16. The van der Waals surface area contributed by atoms with Crippen LogP contribution < -0.4 is 0 Å².